The normalized spacial score (nSPS) is 16.2. The second-order valence-electron chi connectivity index (χ2n) is 4.88. The number of ether oxygens (including phenoxy) is 1. The number of nitrogens with zero attached hydrogens (tertiary/aromatic N) is 3. The van der Waals surface area contributed by atoms with Gasteiger partial charge in [0.2, 0.25) is 0 Å². The third-order valence-electron chi connectivity index (χ3n) is 3.20. The van der Waals surface area contributed by atoms with Gasteiger partial charge in [-0.05, 0) is 6.92 Å². The van der Waals surface area contributed by atoms with Crippen LogP contribution in [0.2, 0.25) is 0 Å². The summed E-state index contributed by atoms with van der Waals surface area (Å²) < 4.78 is 5.39. The summed E-state index contributed by atoms with van der Waals surface area (Å²) in [5.74, 6) is 3.19. The molecule has 0 atom stereocenters. The van der Waals surface area contributed by atoms with Crippen molar-refractivity contribution in [3.8, 4) is 0 Å². The van der Waals surface area contributed by atoms with Gasteiger partial charge >= 0.3 is 0 Å². The molecule has 1 fully saturated rings. The molecule has 0 aliphatic carbocycles. The highest BCUT2D eigenvalue weighted by Gasteiger charge is 2.19. The predicted octanol–water partition coefficient (Wildman–Crippen LogP) is 1.79. The van der Waals surface area contributed by atoms with Gasteiger partial charge in [0.05, 0.1) is 13.2 Å². The Morgan fingerprint density at radius 1 is 1.22 bits per heavy atom. The highest BCUT2D eigenvalue weighted by molar-refractivity contribution is 5.58. The molecule has 5 heteroatoms. The van der Waals surface area contributed by atoms with Crippen LogP contribution in [0.15, 0.2) is 0 Å². The van der Waals surface area contributed by atoms with Crippen molar-refractivity contribution in [1.82, 2.24) is 9.97 Å². The summed E-state index contributed by atoms with van der Waals surface area (Å²) in [5, 5.41) is 3.16. The van der Waals surface area contributed by atoms with Gasteiger partial charge in [0.1, 0.15) is 17.5 Å². The lowest BCUT2D eigenvalue weighted by atomic mass is 10.2. The Morgan fingerprint density at radius 3 is 2.44 bits per heavy atom. The quantitative estimate of drug-likeness (QED) is 0.886. The Morgan fingerprint density at radius 2 is 1.89 bits per heavy atom. The van der Waals surface area contributed by atoms with E-state index in [-0.39, 0.29) is 0 Å². The van der Waals surface area contributed by atoms with E-state index in [1.165, 1.54) is 0 Å². The second kappa shape index (κ2) is 5.52. The van der Waals surface area contributed by atoms with Gasteiger partial charge in [0.15, 0.2) is 0 Å². The molecule has 2 rings (SSSR count). The van der Waals surface area contributed by atoms with Gasteiger partial charge in [0, 0.05) is 31.6 Å². The van der Waals surface area contributed by atoms with E-state index in [2.05, 4.69) is 36.0 Å². The third-order valence-corrected chi connectivity index (χ3v) is 3.20. The monoisotopic (exact) mass is 250 g/mol. The second-order valence-corrected chi connectivity index (χ2v) is 4.88. The highest BCUT2D eigenvalue weighted by atomic mass is 16.5. The molecule has 18 heavy (non-hydrogen) atoms. The maximum absolute atomic E-state index is 5.39. The lowest BCUT2D eigenvalue weighted by molar-refractivity contribution is 0.122. The molecule has 0 bridgehead atoms. The van der Waals surface area contributed by atoms with Gasteiger partial charge < -0.3 is 15.0 Å². The lowest BCUT2D eigenvalue weighted by Crippen LogP contribution is -2.37. The predicted molar refractivity (Wildman–Crippen MR) is 73.4 cm³/mol. The number of nitrogens with one attached hydrogen (secondary N) is 1. The first-order chi connectivity index (χ1) is 8.63. The first-order valence-electron chi connectivity index (χ1n) is 6.52. The smallest absolute Gasteiger partial charge is 0.137 e. The van der Waals surface area contributed by atoms with E-state index in [0.717, 1.165) is 49.3 Å². The average molecular weight is 250 g/mol. The fraction of sp³-hybridized carbons (Fsp3) is 0.692. The molecule has 1 N–H and O–H groups in total. The van der Waals surface area contributed by atoms with Gasteiger partial charge in [-0.3, -0.25) is 0 Å². The van der Waals surface area contributed by atoms with Gasteiger partial charge in [-0.2, -0.15) is 0 Å². The van der Waals surface area contributed by atoms with Crippen molar-refractivity contribution in [2.24, 2.45) is 0 Å². The van der Waals surface area contributed by atoms with E-state index in [1.54, 1.807) is 0 Å². The number of rotatable bonds is 3. The Balaban J connectivity index is 2.40. The Hall–Kier alpha value is -1.36. The number of aromatic nitrogens is 2. The van der Waals surface area contributed by atoms with Crippen LogP contribution in [0.25, 0.3) is 0 Å². The average Bonchev–Trinajstić information content (AvgIpc) is 2.39. The van der Waals surface area contributed by atoms with Crippen LogP contribution in [0.3, 0.4) is 0 Å². The number of morpholine rings is 1. The molecule has 2 heterocycles. The first-order valence-corrected chi connectivity index (χ1v) is 6.52. The molecule has 100 valence electrons. The Bertz CT molecular complexity index is 414. The molecule has 0 amide bonds. The molecule has 0 spiro atoms. The summed E-state index contributed by atoms with van der Waals surface area (Å²) >= 11 is 0. The van der Waals surface area contributed by atoms with E-state index in [0.29, 0.717) is 5.92 Å². The zero-order valence-electron chi connectivity index (χ0n) is 11.7. The summed E-state index contributed by atoms with van der Waals surface area (Å²) in [4.78, 5) is 11.6. The zero-order valence-corrected chi connectivity index (χ0v) is 11.7. The van der Waals surface area contributed by atoms with Crippen LogP contribution in [0.1, 0.15) is 31.2 Å². The van der Waals surface area contributed by atoms with Crippen molar-refractivity contribution < 1.29 is 4.74 Å². The Labute approximate surface area is 109 Å². The van der Waals surface area contributed by atoms with Crippen LogP contribution in [0.5, 0.6) is 0 Å². The molecule has 1 saturated heterocycles. The van der Waals surface area contributed by atoms with Crippen molar-refractivity contribution in [3.63, 3.8) is 0 Å². The summed E-state index contributed by atoms with van der Waals surface area (Å²) in [6.45, 7) is 9.66. The maximum Gasteiger partial charge on any atom is 0.137 e. The largest absolute Gasteiger partial charge is 0.378 e. The highest BCUT2D eigenvalue weighted by Crippen LogP contribution is 2.26. The van der Waals surface area contributed by atoms with Crippen LogP contribution < -0.4 is 10.2 Å². The summed E-state index contributed by atoms with van der Waals surface area (Å²) in [6.07, 6.45) is 0. The lowest BCUT2D eigenvalue weighted by Gasteiger charge is -2.30. The van der Waals surface area contributed by atoms with Crippen LogP contribution in [-0.4, -0.2) is 43.3 Å². The SMILES string of the molecule is CNc1nc(C(C)C)nc(N2CCOCC2)c1C. The molecule has 0 radical (unpaired) electrons. The summed E-state index contributed by atoms with van der Waals surface area (Å²) in [5.41, 5.74) is 1.11. The topological polar surface area (TPSA) is 50.3 Å². The molecule has 1 aliphatic rings. The van der Waals surface area contributed by atoms with Gasteiger partial charge in [-0.15, -0.1) is 0 Å². The van der Waals surface area contributed by atoms with Crippen molar-refractivity contribution in [3.05, 3.63) is 11.4 Å². The molecular formula is C13H22N4O. The van der Waals surface area contributed by atoms with E-state index in [1.807, 2.05) is 7.05 Å². The maximum atomic E-state index is 5.39. The zero-order chi connectivity index (χ0) is 13.1. The van der Waals surface area contributed by atoms with Gasteiger partial charge in [0.25, 0.3) is 0 Å². The number of hydrogen-bond acceptors (Lipinski definition) is 5. The van der Waals surface area contributed by atoms with Crippen molar-refractivity contribution in [2.75, 3.05) is 43.6 Å². The van der Waals surface area contributed by atoms with Crippen molar-refractivity contribution in [1.29, 1.82) is 0 Å². The molecule has 0 unspecified atom stereocenters. The van der Waals surface area contributed by atoms with Crippen LogP contribution in [0, 0.1) is 6.92 Å². The molecular weight excluding hydrogens is 228 g/mol. The minimum Gasteiger partial charge on any atom is -0.378 e. The number of anilines is 2. The van der Waals surface area contributed by atoms with Gasteiger partial charge in [-0.1, -0.05) is 13.8 Å². The minimum atomic E-state index is 0.331. The third kappa shape index (κ3) is 2.56. The van der Waals surface area contributed by atoms with Crippen molar-refractivity contribution in [2.45, 2.75) is 26.7 Å². The van der Waals surface area contributed by atoms with E-state index in [4.69, 9.17) is 9.72 Å². The molecule has 0 saturated carbocycles. The summed E-state index contributed by atoms with van der Waals surface area (Å²) in [6, 6.07) is 0. The number of hydrogen-bond donors (Lipinski definition) is 1. The standard InChI is InChI=1S/C13H22N4O/c1-9(2)11-15-12(14-4)10(3)13(16-11)17-5-7-18-8-6-17/h9H,5-8H2,1-4H3,(H,14,15,16). The van der Waals surface area contributed by atoms with E-state index >= 15 is 0 Å². The van der Waals surface area contributed by atoms with Crippen molar-refractivity contribution >= 4 is 11.6 Å². The fourth-order valence-electron chi connectivity index (χ4n) is 2.11. The van der Waals surface area contributed by atoms with Crippen LogP contribution in [0.4, 0.5) is 11.6 Å². The molecule has 0 aromatic carbocycles. The summed E-state index contributed by atoms with van der Waals surface area (Å²) in [7, 11) is 1.91. The minimum absolute atomic E-state index is 0.331. The Kier molecular flexibility index (Phi) is 4.01. The van der Waals surface area contributed by atoms with Gasteiger partial charge in [-0.25, -0.2) is 9.97 Å². The molecule has 1 aromatic rings. The molecule has 1 aromatic heterocycles. The molecule has 1 aliphatic heterocycles. The molecule has 5 nitrogen and oxygen atoms in total. The first kappa shape index (κ1) is 13.1. The fourth-order valence-corrected chi connectivity index (χ4v) is 2.11. The van der Waals surface area contributed by atoms with E-state index in [9.17, 15) is 0 Å². The van der Waals surface area contributed by atoms with Crippen LogP contribution in [-0.2, 0) is 4.74 Å². The van der Waals surface area contributed by atoms with E-state index < -0.39 is 0 Å². The van der Waals surface area contributed by atoms with Crippen LogP contribution >= 0.6 is 0 Å².